The third kappa shape index (κ3) is 2.67. The van der Waals surface area contributed by atoms with E-state index in [-0.39, 0.29) is 11.7 Å². The average Bonchev–Trinajstić information content (AvgIpc) is 2.36. The van der Waals surface area contributed by atoms with E-state index in [0.29, 0.717) is 17.2 Å². The van der Waals surface area contributed by atoms with Crippen LogP contribution in [0.3, 0.4) is 0 Å². The third-order valence-electron chi connectivity index (χ3n) is 1.36. The first kappa shape index (κ1) is 10.5. The van der Waals surface area contributed by atoms with Crippen molar-refractivity contribution in [3.63, 3.8) is 0 Å². The van der Waals surface area contributed by atoms with Gasteiger partial charge in [-0.25, -0.2) is 4.79 Å². The van der Waals surface area contributed by atoms with Crippen molar-refractivity contribution in [2.24, 2.45) is 0 Å². The van der Waals surface area contributed by atoms with Gasteiger partial charge in [-0.05, 0) is 18.6 Å². The zero-order chi connectivity index (χ0) is 9.84. The molecule has 4 nitrogen and oxygen atoms in total. The number of thioether (sulfide) groups is 1. The Kier molecular flexibility index (Phi) is 3.68. The Morgan fingerprint density at radius 3 is 2.92 bits per heavy atom. The fourth-order valence-corrected chi connectivity index (χ4v) is 1.72. The largest absolute Gasteiger partial charge is 0.333 e. The van der Waals surface area contributed by atoms with Gasteiger partial charge < -0.3 is 4.84 Å². The van der Waals surface area contributed by atoms with E-state index >= 15 is 0 Å². The molecule has 72 valence electrons. The Bertz CT molecular complexity index is 238. The summed E-state index contributed by atoms with van der Waals surface area (Å²) in [5, 5.41) is 0.901. The number of thiocarbonyl (C=S) groups is 1. The molecule has 0 aliphatic carbocycles. The molecular formula is C7H9NO3S2. The van der Waals surface area contributed by atoms with Crippen LogP contribution in [0.5, 0.6) is 0 Å². The number of hydroxylamine groups is 2. The minimum absolute atomic E-state index is 0.262. The Morgan fingerprint density at radius 1 is 1.77 bits per heavy atom. The Hall–Kier alpha value is -0.620. The van der Waals surface area contributed by atoms with E-state index in [0.717, 1.165) is 5.06 Å². The van der Waals surface area contributed by atoms with Gasteiger partial charge in [0.1, 0.15) is 0 Å². The highest BCUT2D eigenvalue weighted by atomic mass is 32.2. The van der Waals surface area contributed by atoms with E-state index in [4.69, 9.17) is 17.1 Å². The monoisotopic (exact) mass is 219 g/mol. The van der Waals surface area contributed by atoms with E-state index in [2.05, 4.69) is 0 Å². The average molecular weight is 219 g/mol. The molecule has 1 amide bonds. The van der Waals surface area contributed by atoms with Gasteiger partial charge in [0.05, 0.1) is 5.75 Å². The van der Waals surface area contributed by atoms with Gasteiger partial charge in [0.15, 0.2) is 4.32 Å². The van der Waals surface area contributed by atoms with Crippen LogP contribution in [0.25, 0.3) is 0 Å². The molecule has 0 aromatic heterocycles. The topological polar surface area (TPSA) is 46.6 Å². The maximum atomic E-state index is 11.1. The molecular weight excluding hydrogens is 210 g/mol. The van der Waals surface area contributed by atoms with Crippen LogP contribution < -0.4 is 0 Å². The normalized spacial score (nSPS) is 16.5. The van der Waals surface area contributed by atoms with Crippen molar-refractivity contribution < 1.29 is 14.4 Å². The number of carbonyl (C=O) groups excluding carboxylic acids is 2. The third-order valence-corrected chi connectivity index (χ3v) is 2.68. The van der Waals surface area contributed by atoms with Crippen LogP contribution in [-0.2, 0) is 14.4 Å². The van der Waals surface area contributed by atoms with E-state index in [1.54, 1.807) is 0 Å². The lowest BCUT2D eigenvalue weighted by Gasteiger charge is -2.12. The van der Waals surface area contributed by atoms with Gasteiger partial charge in [0.25, 0.3) is 5.91 Å². The SMILES string of the molecule is CCCC(=O)ON1C(=O)CSC1=S. The van der Waals surface area contributed by atoms with Gasteiger partial charge in [0, 0.05) is 6.42 Å². The van der Waals surface area contributed by atoms with Gasteiger partial charge in [-0.2, -0.15) is 0 Å². The molecule has 1 saturated heterocycles. The number of carbonyl (C=O) groups is 2. The minimum Gasteiger partial charge on any atom is -0.332 e. The first-order valence-electron chi connectivity index (χ1n) is 3.85. The molecule has 0 atom stereocenters. The summed E-state index contributed by atoms with van der Waals surface area (Å²) >= 11 is 6.02. The summed E-state index contributed by atoms with van der Waals surface area (Å²) in [5.41, 5.74) is 0. The highest BCUT2D eigenvalue weighted by Gasteiger charge is 2.30. The maximum Gasteiger partial charge on any atom is 0.333 e. The van der Waals surface area contributed by atoms with Gasteiger partial charge in [0.2, 0.25) is 0 Å². The zero-order valence-corrected chi connectivity index (χ0v) is 8.74. The molecule has 6 heteroatoms. The van der Waals surface area contributed by atoms with Crippen molar-refractivity contribution in [3.8, 4) is 0 Å². The van der Waals surface area contributed by atoms with Crippen LogP contribution in [-0.4, -0.2) is 27.0 Å². The molecule has 0 bridgehead atoms. The second-order valence-corrected chi connectivity index (χ2v) is 4.07. The van der Waals surface area contributed by atoms with Crippen molar-refractivity contribution in [1.29, 1.82) is 0 Å². The molecule has 0 saturated carbocycles. The number of rotatable bonds is 3. The highest BCUT2D eigenvalue weighted by Crippen LogP contribution is 2.19. The van der Waals surface area contributed by atoms with Gasteiger partial charge in [-0.1, -0.05) is 18.7 Å². The van der Waals surface area contributed by atoms with Crippen LogP contribution in [0, 0.1) is 0 Å². The molecule has 0 N–H and O–H groups in total. The van der Waals surface area contributed by atoms with Crippen LogP contribution >= 0.6 is 24.0 Å². The maximum absolute atomic E-state index is 11.1. The lowest BCUT2D eigenvalue weighted by Crippen LogP contribution is -2.31. The first-order chi connectivity index (χ1) is 6.15. The molecule has 0 spiro atoms. The van der Waals surface area contributed by atoms with Crippen molar-refractivity contribution >= 4 is 40.2 Å². The smallest absolute Gasteiger partial charge is 0.332 e. The molecule has 0 aromatic rings. The van der Waals surface area contributed by atoms with E-state index in [1.807, 2.05) is 6.92 Å². The number of nitrogens with zero attached hydrogens (tertiary/aromatic N) is 1. The predicted octanol–water partition coefficient (Wildman–Crippen LogP) is 1.10. The summed E-state index contributed by atoms with van der Waals surface area (Å²) in [6.07, 6.45) is 0.998. The highest BCUT2D eigenvalue weighted by molar-refractivity contribution is 8.23. The van der Waals surface area contributed by atoms with Crippen LogP contribution in [0.15, 0.2) is 0 Å². The van der Waals surface area contributed by atoms with Crippen LogP contribution in [0.1, 0.15) is 19.8 Å². The minimum atomic E-state index is -0.416. The van der Waals surface area contributed by atoms with Crippen molar-refractivity contribution in [2.45, 2.75) is 19.8 Å². The Morgan fingerprint density at radius 2 is 2.46 bits per heavy atom. The number of hydrogen-bond acceptors (Lipinski definition) is 5. The molecule has 0 unspecified atom stereocenters. The van der Waals surface area contributed by atoms with Crippen LogP contribution in [0.2, 0.25) is 0 Å². The second-order valence-electron chi connectivity index (χ2n) is 2.46. The summed E-state index contributed by atoms with van der Waals surface area (Å²) in [4.78, 5) is 26.8. The summed E-state index contributed by atoms with van der Waals surface area (Å²) in [5.74, 6) is -0.418. The van der Waals surface area contributed by atoms with E-state index < -0.39 is 5.97 Å². The molecule has 0 radical (unpaired) electrons. The van der Waals surface area contributed by atoms with E-state index in [9.17, 15) is 9.59 Å². The van der Waals surface area contributed by atoms with Gasteiger partial charge in [-0.3, -0.25) is 4.79 Å². The molecule has 1 rings (SSSR count). The standard InChI is InChI=1S/C7H9NO3S2/c1-2-3-6(10)11-8-5(9)4-13-7(8)12/h2-4H2,1H3. The molecule has 1 aliphatic heterocycles. The lowest BCUT2D eigenvalue weighted by molar-refractivity contribution is -0.179. The summed E-state index contributed by atoms with van der Waals surface area (Å²) in [7, 11) is 0. The molecule has 1 aliphatic rings. The van der Waals surface area contributed by atoms with Gasteiger partial charge >= 0.3 is 5.97 Å². The summed E-state index contributed by atoms with van der Waals surface area (Å²) < 4.78 is 0.314. The molecule has 1 fully saturated rings. The fraction of sp³-hybridized carbons (Fsp3) is 0.571. The lowest BCUT2D eigenvalue weighted by atomic mass is 10.3. The predicted molar refractivity (Wildman–Crippen MR) is 52.9 cm³/mol. The van der Waals surface area contributed by atoms with Crippen molar-refractivity contribution in [1.82, 2.24) is 5.06 Å². The van der Waals surface area contributed by atoms with Crippen molar-refractivity contribution in [3.05, 3.63) is 0 Å². The van der Waals surface area contributed by atoms with Gasteiger partial charge in [-0.15, -0.1) is 5.06 Å². The quantitative estimate of drug-likeness (QED) is 0.665. The fourth-order valence-electron chi connectivity index (χ4n) is 0.782. The number of hydrogen-bond donors (Lipinski definition) is 0. The first-order valence-corrected chi connectivity index (χ1v) is 5.25. The zero-order valence-electron chi connectivity index (χ0n) is 7.11. The molecule has 13 heavy (non-hydrogen) atoms. The summed E-state index contributed by atoms with van der Waals surface area (Å²) in [6.45, 7) is 1.86. The second kappa shape index (κ2) is 4.57. The molecule has 0 aromatic carbocycles. The van der Waals surface area contributed by atoms with Crippen LogP contribution in [0.4, 0.5) is 0 Å². The number of amides is 1. The molecule has 1 heterocycles. The van der Waals surface area contributed by atoms with Crippen molar-refractivity contribution in [2.75, 3.05) is 5.75 Å². The Labute approximate surface area is 85.6 Å². The summed E-state index contributed by atoms with van der Waals surface area (Å²) in [6, 6.07) is 0. The Balaban J connectivity index is 2.48. The van der Waals surface area contributed by atoms with E-state index in [1.165, 1.54) is 11.8 Å².